The Morgan fingerprint density at radius 1 is 1.22 bits per heavy atom. The molecule has 1 aromatic carbocycles. The lowest BCUT2D eigenvalue weighted by molar-refractivity contribution is 0.0696. The second kappa shape index (κ2) is 7.33. The lowest BCUT2D eigenvalue weighted by Crippen LogP contribution is -2.35. The Balaban J connectivity index is 1.62. The van der Waals surface area contributed by atoms with Crippen molar-refractivity contribution in [3.63, 3.8) is 0 Å². The van der Waals surface area contributed by atoms with Crippen molar-refractivity contribution in [1.29, 1.82) is 0 Å². The van der Waals surface area contributed by atoms with E-state index < -0.39 is 0 Å². The predicted molar refractivity (Wildman–Crippen MR) is 93.8 cm³/mol. The summed E-state index contributed by atoms with van der Waals surface area (Å²) >= 11 is 0. The number of rotatable bonds is 5. The standard InChI is InChI=1S/C20H31NO2/c1-14-11-17-7-6-16(20(22)19(17)12-15(14)2)8-10-21-9-4-5-18(21)13-23-3/h11-12,16,18,20,22H,4-10,13H2,1-3H3. The first-order valence-electron chi connectivity index (χ1n) is 9.11. The Labute approximate surface area is 140 Å². The molecule has 1 fully saturated rings. The molecule has 3 atom stereocenters. The van der Waals surface area contributed by atoms with Crippen molar-refractivity contribution in [1.82, 2.24) is 4.90 Å². The summed E-state index contributed by atoms with van der Waals surface area (Å²) in [5, 5.41) is 10.8. The number of aliphatic hydroxyl groups is 1. The zero-order valence-electron chi connectivity index (χ0n) is 14.8. The van der Waals surface area contributed by atoms with Crippen LogP contribution in [0.3, 0.4) is 0 Å². The van der Waals surface area contributed by atoms with Crippen molar-refractivity contribution in [3.8, 4) is 0 Å². The Bertz CT molecular complexity index is 543. The summed E-state index contributed by atoms with van der Waals surface area (Å²) in [6.07, 6.45) is 5.55. The monoisotopic (exact) mass is 317 g/mol. The molecule has 0 bridgehead atoms. The molecule has 1 aromatic rings. The van der Waals surface area contributed by atoms with E-state index in [1.54, 1.807) is 7.11 Å². The minimum Gasteiger partial charge on any atom is -0.388 e. The smallest absolute Gasteiger partial charge is 0.0821 e. The molecule has 1 aliphatic carbocycles. The molecule has 0 amide bonds. The van der Waals surface area contributed by atoms with Gasteiger partial charge in [-0.25, -0.2) is 0 Å². The van der Waals surface area contributed by atoms with E-state index >= 15 is 0 Å². The van der Waals surface area contributed by atoms with Gasteiger partial charge in [0.1, 0.15) is 0 Å². The van der Waals surface area contributed by atoms with Crippen molar-refractivity contribution >= 4 is 0 Å². The molecule has 3 heteroatoms. The molecule has 3 rings (SSSR count). The van der Waals surface area contributed by atoms with E-state index in [1.807, 2.05) is 0 Å². The van der Waals surface area contributed by atoms with E-state index in [0.29, 0.717) is 12.0 Å². The fraction of sp³-hybridized carbons (Fsp3) is 0.700. The minimum absolute atomic E-state index is 0.290. The molecule has 1 heterocycles. The summed E-state index contributed by atoms with van der Waals surface area (Å²) < 4.78 is 5.35. The summed E-state index contributed by atoms with van der Waals surface area (Å²) in [6, 6.07) is 5.07. The average Bonchev–Trinajstić information content (AvgIpc) is 2.97. The van der Waals surface area contributed by atoms with E-state index in [1.165, 1.54) is 41.6 Å². The second-order valence-electron chi connectivity index (χ2n) is 7.45. The molecule has 2 aliphatic rings. The third-order valence-corrected chi connectivity index (χ3v) is 5.95. The van der Waals surface area contributed by atoms with Crippen LogP contribution in [-0.4, -0.2) is 42.9 Å². The molecule has 0 aromatic heterocycles. The third-order valence-electron chi connectivity index (χ3n) is 5.95. The molecular weight excluding hydrogens is 286 g/mol. The summed E-state index contributed by atoms with van der Waals surface area (Å²) in [7, 11) is 1.79. The zero-order valence-corrected chi connectivity index (χ0v) is 14.8. The average molecular weight is 317 g/mol. The molecule has 3 nitrogen and oxygen atoms in total. The molecule has 1 aliphatic heterocycles. The summed E-state index contributed by atoms with van der Waals surface area (Å²) in [5.41, 5.74) is 5.17. The van der Waals surface area contributed by atoms with Gasteiger partial charge in [0, 0.05) is 13.2 Å². The van der Waals surface area contributed by atoms with Gasteiger partial charge in [-0.3, -0.25) is 4.90 Å². The number of aryl methyl sites for hydroxylation is 3. The van der Waals surface area contributed by atoms with Crippen molar-refractivity contribution in [2.75, 3.05) is 26.8 Å². The Hall–Kier alpha value is -0.900. The van der Waals surface area contributed by atoms with Gasteiger partial charge in [0.15, 0.2) is 0 Å². The van der Waals surface area contributed by atoms with Crippen LogP contribution in [0.2, 0.25) is 0 Å². The Kier molecular flexibility index (Phi) is 5.40. The number of hydrogen-bond acceptors (Lipinski definition) is 3. The maximum Gasteiger partial charge on any atom is 0.0821 e. The maximum absolute atomic E-state index is 10.8. The number of aliphatic hydroxyl groups excluding tert-OH is 1. The summed E-state index contributed by atoms with van der Waals surface area (Å²) in [4.78, 5) is 2.56. The number of benzene rings is 1. The lowest BCUT2D eigenvalue weighted by atomic mass is 9.78. The van der Waals surface area contributed by atoms with Gasteiger partial charge in [0.2, 0.25) is 0 Å². The number of ether oxygens (including phenoxy) is 1. The van der Waals surface area contributed by atoms with Crippen LogP contribution in [0.1, 0.15) is 54.0 Å². The number of nitrogens with zero attached hydrogens (tertiary/aromatic N) is 1. The van der Waals surface area contributed by atoms with Gasteiger partial charge >= 0.3 is 0 Å². The van der Waals surface area contributed by atoms with Gasteiger partial charge in [-0.15, -0.1) is 0 Å². The zero-order chi connectivity index (χ0) is 16.4. The van der Waals surface area contributed by atoms with Crippen LogP contribution in [0, 0.1) is 19.8 Å². The van der Waals surface area contributed by atoms with Gasteiger partial charge in [0.25, 0.3) is 0 Å². The van der Waals surface area contributed by atoms with Crippen LogP contribution in [0.25, 0.3) is 0 Å². The number of methoxy groups -OCH3 is 1. The first-order chi connectivity index (χ1) is 11.1. The topological polar surface area (TPSA) is 32.7 Å². The highest BCUT2D eigenvalue weighted by Gasteiger charge is 2.30. The van der Waals surface area contributed by atoms with Gasteiger partial charge in [0.05, 0.1) is 12.7 Å². The van der Waals surface area contributed by atoms with Gasteiger partial charge in [-0.2, -0.15) is 0 Å². The van der Waals surface area contributed by atoms with E-state index in [-0.39, 0.29) is 6.10 Å². The number of hydrogen-bond donors (Lipinski definition) is 1. The quantitative estimate of drug-likeness (QED) is 0.903. The fourth-order valence-electron chi connectivity index (χ4n) is 4.35. The highest BCUT2D eigenvalue weighted by Crippen LogP contribution is 2.38. The highest BCUT2D eigenvalue weighted by molar-refractivity contribution is 5.40. The Morgan fingerprint density at radius 3 is 2.78 bits per heavy atom. The van der Waals surface area contributed by atoms with Crippen molar-refractivity contribution < 1.29 is 9.84 Å². The largest absolute Gasteiger partial charge is 0.388 e. The molecule has 0 spiro atoms. The first-order valence-corrected chi connectivity index (χ1v) is 9.11. The van der Waals surface area contributed by atoms with E-state index in [0.717, 1.165) is 32.4 Å². The molecule has 3 unspecified atom stereocenters. The molecular formula is C20H31NO2. The number of fused-ring (bicyclic) bond motifs is 1. The van der Waals surface area contributed by atoms with Crippen LogP contribution >= 0.6 is 0 Å². The lowest BCUT2D eigenvalue weighted by Gasteiger charge is -2.33. The minimum atomic E-state index is -0.290. The normalized spacial score (nSPS) is 28.1. The van der Waals surface area contributed by atoms with E-state index in [2.05, 4.69) is 30.9 Å². The number of likely N-dealkylation sites (tertiary alicyclic amines) is 1. The highest BCUT2D eigenvalue weighted by atomic mass is 16.5. The van der Waals surface area contributed by atoms with Gasteiger partial charge < -0.3 is 9.84 Å². The van der Waals surface area contributed by atoms with Crippen LogP contribution in [-0.2, 0) is 11.2 Å². The second-order valence-corrected chi connectivity index (χ2v) is 7.45. The van der Waals surface area contributed by atoms with Crippen LogP contribution in [0.15, 0.2) is 12.1 Å². The molecule has 0 radical (unpaired) electrons. The SMILES string of the molecule is COCC1CCCN1CCC1CCc2cc(C)c(C)cc2C1O. The fourth-order valence-corrected chi connectivity index (χ4v) is 4.35. The molecule has 0 saturated carbocycles. The van der Waals surface area contributed by atoms with Crippen LogP contribution < -0.4 is 0 Å². The summed E-state index contributed by atoms with van der Waals surface area (Å²) in [6.45, 7) is 7.43. The predicted octanol–water partition coefficient (Wildman–Crippen LogP) is 3.40. The van der Waals surface area contributed by atoms with Crippen LogP contribution in [0.5, 0.6) is 0 Å². The first kappa shape index (κ1) is 16.9. The molecule has 128 valence electrons. The van der Waals surface area contributed by atoms with Crippen molar-refractivity contribution in [2.45, 2.75) is 58.1 Å². The Morgan fingerprint density at radius 2 is 2.00 bits per heavy atom. The molecule has 1 saturated heterocycles. The maximum atomic E-state index is 10.8. The third kappa shape index (κ3) is 3.62. The molecule has 1 N–H and O–H groups in total. The van der Waals surface area contributed by atoms with Gasteiger partial charge in [-0.1, -0.05) is 12.1 Å². The molecule has 23 heavy (non-hydrogen) atoms. The van der Waals surface area contributed by atoms with Crippen molar-refractivity contribution in [2.24, 2.45) is 5.92 Å². The van der Waals surface area contributed by atoms with E-state index in [9.17, 15) is 5.11 Å². The van der Waals surface area contributed by atoms with Crippen LogP contribution in [0.4, 0.5) is 0 Å². The van der Waals surface area contributed by atoms with Crippen molar-refractivity contribution in [3.05, 3.63) is 34.4 Å². The van der Waals surface area contributed by atoms with Gasteiger partial charge in [-0.05, 0) is 87.2 Å². The van der Waals surface area contributed by atoms with E-state index in [4.69, 9.17) is 4.74 Å². The summed E-state index contributed by atoms with van der Waals surface area (Å²) in [5.74, 6) is 0.397.